The number of nitrogens with one attached hydrogen (secondary N) is 1. The largest absolute Gasteiger partial charge is 0.389 e. The Balaban J connectivity index is 1.91. The molecule has 1 heterocycles. The Labute approximate surface area is 119 Å². The third kappa shape index (κ3) is 3.83. The maximum atomic E-state index is 13.2. The fraction of sp³-hybridized carbons (Fsp3) is 0.250. The van der Waals surface area contributed by atoms with Gasteiger partial charge in [-0.1, -0.05) is 23.2 Å². The van der Waals surface area contributed by atoms with Gasteiger partial charge in [0.15, 0.2) is 5.82 Å². The Kier molecular flexibility index (Phi) is 4.63. The van der Waals surface area contributed by atoms with Crippen molar-refractivity contribution < 1.29 is 9.50 Å². The fourth-order valence-electron chi connectivity index (χ4n) is 1.58. The van der Waals surface area contributed by atoms with Gasteiger partial charge < -0.3 is 10.4 Å². The van der Waals surface area contributed by atoms with Crippen molar-refractivity contribution >= 4 is 28.9 Å². The fourth-order valence-corrected chi connectivity index (χ4v) is 2.07. The van der Waals surface area contributed by atoms with Gasteiger partial charge in [-0.15, -0.1) is 0 Å². The molecule has 7 heteroatoms. The SMILES string of the molecule is OC(CNc1cc(Cl)c(F)c(Cl)c1)Cn1cccn1. The Bertz CT molecular complexity index is 525. The molecule has 0 aliphatic heterocycles. The highest BCUT2D eigenvalue weighted by Crippen LogP contribution is 2.27. The lowest BCUT2D eigenvalue weighted by atomic mass is 10.3. The summed E-state index contributed by atoms with van der Waals surface area (Å²) in [6.07, 6.45) is 2.76. The summed E-state index contributed by atoms with van der Waals surface area (Å²) in [6.45, 7) is 0.640. The number of hydrogen-bond acceptors (Lipinski definition) is 3. The van der Waals surface area contributed by atoms with E-state index in [0.29, 0.717) is 12.2 Å². The zero-order valence-electron chi connectivity index (χ0n) is 9.85. The zero-order valence-corrected chi connectivity index (χ0v) is 11.4. The van der Waals surface area contributed by atoms with E-state index in [2.05, 4.69) is 10.4 Å². The predicted molar refractivity (Wildman–Crippen MR) is 73.1 cm³/mol. The van der Waals surface area contributed by atoms with Crippen molar-refractivity contribution in [3.05, 3.63) is 46.5 Å². The molecule has 4 nitrogen and oxygen atoms in total. The van der Waals surface area contributed by atoms with E-state index < -0.39 is 11.9 Å². The first-order chi connectivity index (χ1) is 9.06. The van der Waals surface area contributed by atoms with Crippen molar-refractivity contribution in [1.29, 1.82) is 0 Å². The van der Waals surface area contributed by atoms with Gasteiger partial charge in [0, 0.05) is 24.6 Å². The van der Waals surface area contributed by atoms with Gasteiger partial charge in [0.05, 0.1) is 22.7 Å². The quantitative estimate of drug-likeness (QED) is 0.835. The number of anilines is 1. The number of aliphatic hydroxyl groups excluding tert-OH is 1. The number of rotatable bonds is 5. The summed E-state index contributed by atoms with van der Waals surface area (Å²) in [5.74, 6) is -0.647. The van der Waals surface area contributed by atoms with E-state index in [4.69, 9.17) is 23.2 Å². The zero-order chi connectivity index (χ0) is 13.8. The Hall–Kier alpha value is -1.30. The molecule has 1 atom stereocenters. The first kappa shape index (κ1) is 14.1. The molecule has 2 aromatic rings. The van der Waals surface area contributed by atoms with Crippen molar-refractivity contribution in [2.75, 3.05) is 11.9 Å². The molecule has 0 spiro atoms. The maximum absolute atomic E-state index is 13.2. The lowest BCUT2D eigenvalue weighted by Gasteiger charge is -2.13. The minimum absolute atomic E-state index is 0.0587. The second-order valence-corrected chi connectivity index (χ2v) is 4.83. The number of halogens is 3. The molecule has 0 radical (unpaired) electrons. The van der Waals surface area contributed by atoms with Crippen LogP contribution in [0.5, 0.6) is 0 Å². The minimum atomic E-state index is -0.647. The van der Waals surface area contributed by atoms with E-state index in [0.717, 1.165) is 0 Å². The summed E-state index contributed by atoms with van der Waals surface area (Å²) >= 11 is 11.3. The van der Waals surface area contributed by atoms with Crippen molar-refractivity contribution in [2.45, 2.75) is 12.6 Å². The van der Waals surface area contributed by atoms with Crippen LogP contribution in [0.2, 0.25) is 10.0 Å². The van der Waals surface area contributed by atoms with Gasteiger partial charge in [-0.2, -0.15) is 5.10 Å². The molecule has 1 aromatic heterocycles. The number of hydrogen-bond donors (Lipinski definition) is 2. The van der Waals surface area contributed by atoms with E-state index in [1.165, 1.54) is 12.1 Å². The summed E-state index contributed by atoms with van der Waals surface area (Å²) in [4.78, 5) is 0. The van der Waals surface area contributed by atoms with Crippen LogP contribution in [0.4, 0.5) is 10.1 Å². The monoisotopic (exact) mass is 303 g/mol. The smallest absolute Gasteiger partial charge is 0.160 e. The van der Waals surface area contributed by atoms with Crippen LogP contribution in [-0.2, 0) is 6.54 Å². The Morgan fingerprint density at radius 3 is 2.63 bits per heavy atom. The van der Waals surface area contributed by atoms with Crippen molar-refractivity contribution in [1.82, 2.24) is 9.78 Å². The molecule has 1 aromatic carbocycles. The molecular weight excluding hydrogens is 292 g/mol. The highest BCUT2D eigenvalue weighted by atomic mass is 35.5. The highest BCUT2D eigenvalue weighted by molar-refractivity contribution is 6.35. The van der Waals surface area contributed by atoms with Crippen LogP contribution >= 0.6 is 23.2 Å². The molecule has 0 aliphatic rings. The minimum Gasteiger partial charge on any atom is -0.389 e. The number of aliphatic hydroxyl groups is 1. The number of nitrogens with zero attached hydrogens (tertiary/aromatic N) is 2. The van der Waals surface area contributed by atoms with E-state index in [-0.39, 0.29) is 16.6 Å². The summed E-state index contributed by atoms with van der Waals surface area (Å²) in [7, 11) is 0. The standard InChI is InChI=1S/C12H12Cl2FN3O/c13-10-4-8(5-11(14)12(10)15)16-6-9(19)7-18-3-1-2-17-18/h1-5,9,16,19H,6-7H2. The molecule has 1 unspecified atom stereocenters. The second kappa shape index (κ2) is 6.23. The van der Waals surface area contributed by atoms with E-state index in [1.807, 2.05) is 0 Å². The summed E-state index contributed by atoms with van der Waals surface area (Å²) in [5, 5.41) is 16.6. The van der Waals surface area contributed by atoms with E-state index in [1.54, 1.807) is 23.1 Å². The average molecular weight is 304 g/mol. The third-order valence-electron chi connectivity index (χ3n) is 2.48. The first-order valence-corrected chi connectivity index (χ1v) is 6.36. The molecule has 2 rings (SSSR count). The highest BCUT2D eigenvalue weighted by Gasteiger charge is 2.09. The molecule has 0 fully saturated rings. The molecule has 0 saturated carbocycles. The molecule has 19 heavy (non-hydrogen) atoms. The van der Waals surface area contributed by atoms with Gasteiger partial charge in [0.2, 0.25) is 0 Å². The molecule has 2 N–H and O–H groups in total. The topological polar surface area (TPSA) is 50.1 Å². The molecule has 0 aliphatic carbocycles. The Morgan fingerprint density at radius 1 is 1.37 bits per heavy atom. The van der Waals surface area contributed by atoms with Gasteiger partial charge in [-0.25, -0.2) is 4.39 Å². The van der Waals surface area contributed by atoms with Crippen LogP contribution in [-0.4, -0.2) is 27.5 Å². The third-order valence-corrected chi connectivity index (χ3v) is 3.03. The molecule has 0 amide bonds. The molecular formula is C12H12Cl2FN3O. The van der Waals surface area contributed by atoms with Gasteiger partial charge in [0.1, 0.15) is 0 Å². The van der Waals surface area contributed by atoms with Crippen LogP contribution in [0.1, 0.15) is 0 Å². The van der Waals surface area contributed by atoms with Crippen LogP contribution in [0, 0.1) is 5.82 Å². The van der Waals surface area contributed by atoms with Crippen LogP contribution in [0.15, 0.2) is 30.6 Å². The van der Waals surface area contributed by atoms with Gasteiger partial charge >= 0.3 is 0 Å². The lowest BCUT2D eigenvalue weighted by molar-refractivity contribution is 0.161. The maximum Gasteiger partial charge on any atom is 0.160 e. The first-order valence-electron chi connectivity index (χ1n) is 5.60. The van der Waals surface area contributed by atoms with Gasteiger partial charge in [-0.05, 0) is 18.2 Å². The predicted octanol–water partition coefficient (Wildman–Crippen LogP) is 2.80. The Morgan fingerprint density at radius 2 is 2.05 bits per heavy atom. The second-order valence-electron chi connectivity index (χ2n) is 4.02. The van der Waals surface area contributed by atoms with Gasteiger partial charge in [0.25, 0.3) is 0 Å². The molecule has 0 saturated heterocycles. The van der Waals surface area contributed by atoms with Crippen molar-refractivity contribution in [3.8, 4) is 0 Å². The average Bonchev–Trinajstić information content (AvgIpc) is 2.86. The van der Waals surface area contributed by atoms with Crippen LogP contribution in [0.3, 0.4) is 0 Å². The number of aromatic nitrogens is 2. The van der Waals surface area contributed by atoms with E-state index >= 15 is 0 Å². The number of benzene rings is 1. The van der Waals surface area contributed by atoms with Gasteiger partial charge in [-0.3, -0.25) is 4.68 Å². The normalized spacial score (nSPS) is 12.4. The summed E-state index contributed by atoms with van der Waals surface area (Å²) in [5.41, 5.74) is 0.552. The van der Waals surface area contributed by atoms with Crippen LogP contribution < -0.4 is 5.32 Å². The molecule has 102 valence electrons. The van der Waals surface area contributed by atoms with Crippen LogP contribution in [0.25, 0.3) is 0 Å². The van der Waals surface area contributed by atoms with Crippen molar-refractivity contribution in [2.24, 2.45) is 0 Å². The lowest BCUT2D eigenvalue weighted by Crippen LogP contribution is -2.25. The van der Waals surface area contributed by atoms with E-state index in [9.17, 15) is 9.50 Å². The summed E-state index contributed by atoms with van der Waals surface area (Å²) in [6, 6.07) is 4.62. The van der Waals surface area contributed by atoms with Crippen molar-refractivity contribution in [3.63, 3.8) is 0 Å². The molecule has 0 bridgehead atoms. The summed E-state index contributed by atoms with van der Waals surface area (Å²) < 4.78 is 14.8.